The maximum Gasteiger partial charge on any atom is 0.279 e. The van der Waals surface area contributed by atoms with Gasteiger partial charge in [0.1, 0.15) is 0 Å². The molecular formula is C6H18B2N2. The van der Waals surface area contributed by atoms with E-state index in [2.05, 4.69) is 52.4 Å². The van der Waals surface area contributed by atoms with Gasteiger partial charge in [-0.2, -0.15) is 0 Å². The smallest absolute Gasteiger partial charge is 0.279 e. The van der Waals surface area contributed by atoms with Crippen molar-refractivity contribution in [1.29, 1.82) is 0 Å². The van der Waals surface area contributed by atoms with Gasteiger partial charge in [0.15, 0.2) is 7.98 Å². The summed E-state index contributed by atoms with van der Waals surface area (Å²) >= 11 is 0. The molecule has 0 saturated heterocycles. The zero-order valence-corrected chi connectivity index (χ0v) is 8.10. The third-order valence-corrected chi connectivity index (χ3v) is 1.64. The van der Waals surface area contributed by atoms with Crippen molar-refractivity contribution in [1.82, 2.24) is 9.53 Å². The molecule has 10 heavy (non-hydrogen) atoms. The second-order valence-electron chi connectivity index (χ2n) is 4.09. The van der Waals surface area contributed by atoms with Crippen molar-refractivity contribution in [3.05, 3.63) is 0 Å². The van der Waals surface area contributed by atoms with E-state index in [4.69, 9.17) is 0 Å². The van der Waals surface area contributed by atoms with E-state index in [1.54, 1.807) is 0 Å². The van der Waals surface area contributed by atoms with Crippen LogP contribution in [0, 0.1) is 0 Å². The lowest BCUT2D eigenvalue weighted by atomic mass is 9.89. The number of nitrogens with zero attached hydrogens (tertiary/aromatic N) is 2. The summed E-state index contributed by atoms with van der Waals surface area (Å²) in [4.78, 5) is 2.17. The SMILES string of the molecule is BN(BN(C)C)C(C)(C)C. The summed E-state index contributed by atoms with van der Waals surface area (Å²) in [5.74, 6) is 0. The Labute approximate surface area is 66.3 Å². The molecule has 0 unspecified atom stereocenters. The summed E-state index contributed by atoms with van der Waals surface area (Å²) in [5.41, 5.74) is 0.282. The Morgan fingerprint density at radius 2 is 1.60 bits per heavy atom. The van der Waals surface area contributed by atoms with Crippen LogP contribution in [0.5, 0.6) is 0 Å². The highest BCUT2D eigenvalue weighted by Gasteiger charge is 2.17. The van der Waals surface area contributed by atoms with Gasteiger partial charge < -0.3 is 9.53 Å². The maximum atomic E-state index is 2.31. The lowest BCUT2D eigenvalue weighted by molar-refractivity contribution is 0.363. The first-order valence-electron chi connectivity index (χ1n) is 3.70. The lowest BCUT2D eigenvalue weighted by Gasteiger charge is -2.33. The molecular weight excluding hydrogens is 122 g/mol. The van der Waals surface area contributed by atoms with E-state index in [0.717, 1.165) is 7.55 Å². The maximum absolute atomic E-state index is 2.31. The van der Waals surface area contributed by atoms with Crippen molar-refractivity contribution >= 4 is 15.5 Å². The van der Waals surface area contributed by atoms with Gasteiger partial charge in [0, 0.05) is 0 Å². The van der Waals surface area contributed by atoms with Gasteiger partial charge in [0.25, 0.3) is 7.55 Å². The van der Waals surface area contributed by atoms with Crippen molar-refractivity contribution < 1.29 is 0 Å². The van der Waals surface area contributed by atoms with Crippen LogP contribution in [-0.4, -0.2) is 44.7 Å². The van der Waals surface area contributed by atoms with Crippen LogP contribution in [0.2, 0.25) is 0 Å². The van der Waals surface area contributed by atoms with Crippen LogP contribution >= 0.6 is 0 Å². The topological polar surface area (TPSA) is 6.48 Å². The molecule has 2 nitrogen and oxygen atoms in total. The van der Waals surface area contributed by atoms with Gasteiger partial charge >= 0.3 is 0 Å². The third kappa shape index (κ3) is 3.96. The summed E-state index contributed by atoms with van der Waals surface area (Å²) in [5, 5.41) is 0. The predicted molar refractivity (Wildman–Crippen MR) is 51.0 cm³/mol. The standard InChI is InChI=1S/C6H18B2N2/c1-6(2,3)10(7)8-9(4)5/h8H,7H2,1-5H3. The van der Waals surface area contributed by atoms with Crippen molar-refractivity contribution in [3.63, 3.8) is 0 Å². The van der Waals surface area contributed by atoms with Crippen LogP contribution in [0.1, 0.15) is 20.8 Å². The monoisotopic (exact) mass is 140 g/mol. The predicted octanol–water partition coefficient (Wildman–Crippen LogP) is -0.537. The zero-order chi connectivity index (χ0) is 8.36. The average molecular weight is 140 g/mol. The molecule has 0 bridgehead atoms. The highest BCUT2D eigenvalue weighted by molar-refractivity contribution is 6.39. The van der Waals surface area contributed by atoms with E-state index in [0.29, 0.717) is 0 Å². The molecule has 0 spiro atoms. The molecule has 0 aromatic heterocycles. The summed E-state index contributed by atoms with van der Waals surface area (Å²) in [6.07, 6.45) is 0. The van der Waals surface area contributed by atoms with Crippen LogP contribution in [-0.2, 0) is 0 Å². The molecule has 4 heteroatoms. The summed E-state index contributed by atoms with van der Waals surface area (Å²) in [6.45, 7) is 6.66. The summed E-state index contributed by atoms with van der Waals surface area (Å²) < 4.78 is 2.31. The van der Waals surface area contributed by atoms with Gasteiger partial charge in [-0.15, -0.1) is 0 Å². The minimum absolute atomic E-state index is 0.282. The van der Waals surface area contributed by atoms with Crippen molar-refractivity contribution in [2.24, 2.45) is 0 Å². The number of rotatable bonds is 2. The van der Waals surface area contributed by atoms with Crippen LogP contribution < -0.4 is 0 Å². The molecule has 0 rings (SSSR count). The number of hydrogen-bond donors (Lipinski definition) is 0. The van der Waals surface area contributed by atoms with Crippen LogP contribution in [0.4, 0.5) is 0 Å². The molecule has 0 aromatic carbocycles. The first-order chi connectivity index (χ1) is 4.34. The molecule has 58 valence electrons. The van der Waals surface area contributed by atoms with Crippen molar-refractivity contribution in [2.45, 2.75) is 26.3 Å². The molecule has 0 N–H and O–H groups in total. The minimum Gasteiger partial charge on any atom is -0.374 e. The fourth-order valence-corrected chi connectivity index (χ4v) is 0.636. The molecule has 0 amide bonds. The minimum atomic E-state index is 0.282. The van der Waals surface area contributed by atoms with Gasteiger partial charge in [-0.05, 0) is 40.4 Å². The molecule has 0 aromatic rings. The average Bonchev–Trinajstić information content (AvgIpc) is 1.60. The fraction of sp³-hybridized carbons (Fsp3) is 1.00. The Bertz CT molecular complexity index is 98.4. The normalized spacial score (nSPS) is 12.7. The van der Waals surface area contributed by atoms with E-state index in [-0.39, 0.29) is 5.54 Å². The first-order valence-corrected chi connectivity index (χ1v) is 3.70. The van der Waals surface area contributed by atoms with E-state index in [1.807, 2.05) is 0 Å². The van der Waals surface area contributed by atoms with Gasteiger partial charge in [-0.3, -0.25) is 0 Å². The molecule has 0 fully saturated rings. The highest BCUT2D eigenvalue weighted by Crippen LogP contribution is 2.07. The molecule has 0 aliphatic carbocycles. The van der Waals surface area contributed by atoms with E-state index >= 15 is 0 Å². The van der Waals surface area contributed by atoms with E-state index < -0.39 is 0 Å². The Morgan fingerprint density at radius 1 is 1.20 bits per heavy atom. The second kappa shape index (κ2) is 3.44. The molecule has 0 heterocycles. The molecule has 0 saturated carbocycles. The van der Waals surface area contributed by atoms with E-state index in [9.17, 15) is 0 Å². The molecule has 0 aliphatic heterocycles. The van der Waals surface area contributed by atoms with Gasteiger partial charge in [-0.1, -0.05) is 0 Å². The largest absolute Gasteiger partial charge is 0.374 e. The Kier molecular flexibility index (Phi) is 3.46. The number of hydrogen-bond acceptors (Lipinski definition) is 2. The summed E-state index contributed by atoms with van der Waals surface area (Å²) in [6, 6.07) is 0. The second-order valence-corrected chi connectivity index (χ2v) is 4.09. The Morgan fingerprint density at radius 3 is 1.70 bits per heavy atom. The van der Waals surface area contributed by atoms with Gasteiger partial charge in [-0.25, -0.2) is 0 Å². The molecule has 0 radical (unpaired) electrons. The van der Waals surface area contributed by atoms with Crippen LogP contribution in [0.15, 0.2) is 0 Å². The first kappa shape index (κ1) is 10.0. The van der Waals surface area contributed by atoms with Crippen molar-refractivity contribution in [2.75, 3.05) is 14.1 Å². The van der Waals surface area contributed by atoms with Gasteiger partial charge in [0.2, 0.25) is 0 Å². The van der Waals surface area contributed by atoms with Crippen LogP contribution in [0.25, 0.3) is 0 Å². The fourth-order valence-electron chi connectivity index (χ4n) is 0.636. The molecule has 0 aliphatic rings. The lowest BCUT2D eigenvalue weighted by Crippen LogP contribution is -2.47. The Balaban J connectivity index is 3.73. The van der Waals surface area contributed by atoms with Crippen molar-refractivity contribution in [3.8, 4) is 0 Å². The van der Waals surface area contributed by atoms with Gasteiger partial charge in [0.05, 0.1) is 0 Å². The zero-order valence-electron chi connectivity index (χ0n) is 8.10. The molecule has 0 atom stereocenters. The van der Waals surface area contributed by atoms with Crippen LogP contribution in [0.3, 0.4) is 0 Å². The Hall–Kier alpha value is 0.0499. The van der Waals surface area contributed by atoms with E-state index in [1.165, 1.54) is 0 Å². The third-order valence-electron chi connectivity index (χ3n) is 1.64. The quantitative estimate of drug-likeness (QED) is 0.475. The highest BCUT2D eigenvalue weighted by atomic mass is 15.1. The summed E-state index contributed by atoms with van der Waals surface area (Å²) in [7, 11) is 7.33.